The topological polar surface area (TPSA) is 74.9 Å². The molecule has 242 valence electrons. The van der Waals surface area contributed by atoms with Crippen molar-refractivity contribution in [1.29, 1.82) is 0 Å². The smallest absolute Gasteiger partial charge is 0.343 e. The largest absolute Gasteiger partial charge is 0.497 e. The fourth-order valence-corrected chi connectivity index (χ4v) is 7.49. The summed E-state index contributed by atoms with van der Waals surface area (Å²) in [5.41, 5.74) is 4.99. The van der Waals surface area contributed by atoms with Gasteiger partial charge in [-0.25, -0.2) is 4.79 Å². The number of para-hydroxylation sites is 2. The quantitative estimate of drug-likeness (QED) is 0.131. The van der Waals surface area contributed by atoms with Gasteiger partial charge < -0.3 is 28.2 Å². The van der Waals surface area contributed by atoms with E-state index in [1.165, 1.54) is 16.5 Å². The minimum absolute atomic E-state index is 0.0213. The molecule has 0 saturated heterocycles. The summed E-state index contributed by atoms with van der Waals surface area (Å²) in [5, 5.41) is 1.79. The minimum Gasteiger partial charge on any atom is -0.497 e. The van der Waals surface area contributed by atoms with Crippen LogP contribution in [0.2, 0.25) is 0 Å². The van der Waals surface area contributed by atoms with Crippen LogP contribution in [0.25, 0.3) is 31.6 Å². The average Bonchev–Trinajstić information content (AvgIpc) is 3.63. The van der Waals surface area contributed by atoms with Crippen LogP contribution in [-0.2, 0) is 31.3 Å². The highest BCUT2D eigenvalue weighted by molar-refractivity contribution is 7.22. The van der Waals surface area contributed by atoms with Crippen LogP contribution < -0.4 is 14.9 Å². The molecule has 0 aliphatic rings. The summed E-state index contributed by atoms with van der Waals surface area (Å²) < 4.78 is 20.6. The van der Waals surface area contributed by atoms with Gasteiger partial charge in [-0.05, 0) is 73.5 Å². The fourth-order valence-electron chi connectivity index (χ4n) is 6.20. The molecule has 0 spiro atoms. The van der Waals surface area contributed by atoms with Crippen LogP contribution in [0.4, 0.5) is 0 Å². The number of hydrogen-bond acceptors (Lipinski definition) is 7. The van der Waals surface area contributed by atoms with Gasteiger partial charge in [0.1, 0.15) is 21.9 Å². The average molecular weight is 650 g/mol. The van der Waals surface area contributed by atoms with E-state index in [2.05, 4.69) is 54.0 Å². The van der Waals surface area contributed by atoms with Gasteiger partial charge >= 0.3 is 5.97 Å². The summed E-state index contributed by atoms with van der Waals surface area (Å²) in [4.78, 5) is 31.5. The van der Waals surface area contributed by atoms with Crippen LogP contribution in [0.15, 0.2) is 90.0 Å². The van der Waals surface area contributed by atoms with E-state index in [0.717, 1.165) is 50.9 Å². The van der Waals surface area contributed by atoms with E-state index in [1.807, 2.05) is 53.1 Å². The zero-order chi connectivity index (χ0) is 33.1. The Kier molecular flexibility index (Phi) is 9.47. The number of carbonyl (C=O) groups is 1. The Hall–Kier alpha value is -4.86. The molecule has 0 unspecified atom stereocenters. The molecule has 0 N–H and O–H groups in total. The number of aromatic nitrogens is 2. The van der Waals surface area contributed by atoms with Crippen molar-refractivity contribution < 1.29 is 19.0 Å². The SMILES string of the molecule is CCOC(=O)c1cn(Cc2ccccc2OC)c2sc(-c3ccc(OC)cc3)c(CN(C)CCc3cn(C)c4ccccc34)c2c1=O. The molecule has 0 bridgehead atoms. The number of hydrogen-bond donors (Lipinski definition) is 0. The third kappa shape index (κ3) is 6.41. The highest BCUT2D eigenvalue weighted by atomic mass is 32.1. The van der Waals surface area contributed by atoms with Gasteiger partial charge in [-0.1, -0.05) is 36.4 Å². The Morgan fingerprint density at radius 2 is 1.66 bits per heavy atom. The monoisotopic (exact) mass is 649 g/mol. The second kappa shape index (κ2) is 13.9. The van der Waals surface area contributed by atoms with Gasteiger partial charge in [0, 0.05) is 53.9 Å². The molecular formula is C38H39N3O5S. The van der Waals surface area contributed by atoms with E-state index >= 15 is 0 Å². The van der Waals surface area contributed by atoms with Gasteiger partial charge in [0.25, 0.3) is 0 Å². The normalized spacial score (nSPS) is 11.4. The lowest BCUT2D eigenvalue weighted by Crippen LogP contribution is -2.24. The van der Waals surface area contributed by atoms with Crippen molar-refractivity contribution in [2.75, 3.05) is 34.4 Å². The Labute approximate surface area is 278 Å². The molecule has 6 aromatic rings. The number of nitrogens with zero attached hydrogens (tertiary/aromatic N) is 3. The Morgan fingerprint density at radius 3 is 2.40 bits per heavy atom. The van der Waals surface area contributed by atoms with Crippen molar-refractivity contribution in [3.8, 4) is 21.9 Å². The maximum absolute atomic E-state index is 14.3. The van der Waals surface area contributed by atoms with E-state index in [-0.39, 0.29) is 17.6 Å². The number of carbonyl (C=O) groups excluding carboxylic acids is 1. The first-order chi connectivity index (χ1) is 22.8. The van der Waals surface area contributed by atoms with E-state index in [0.29, 0.717) is 18.5 Å². The maximum Gasteiger partial charge on any atom is 0.343 e. The molecule has 47 heavy (non-hydrogen) atoms. The Morgan fingerprint density at radius 1 is 0.915 bits per heavy atom. The first-order valence-electron chi connectivity index (χ1n) is 15.7. The lowest BCUT2D eigenvalue weighted by molar-refractivity contribution is 0.0524. The van der Waals surface area contributed by atoms with Crippen LogP contribution in [-0.4, -0.2) is 54.4 Å². The molecule has 0 saturated carbocycles. The second-order valence-corrected chi connectivity index (χ2v) is 12.6. The molecule has 8 nitrogen and oxygen atoms in total. The van der Waals surface area contributed by atoms with Crippen molar-refractivity contribution in [3.05, 3.63) is 118 Å². The lowest BCUT2D eigenvalue weighted by Gasteiger charge is -2.18. The number of methoxy groups -OCH3 is 2. The third-order valence-electron chi connectivity index (χ3n) is 8.56. The van der Waals surface area contributed by atoms with Gasteiger partial charge in [0.2, 0.25) is 5.43 Å². The van der Waals surface area contributed by atoms with Crippen LogP contribution in [0, 0.1) is 0 Å². The third-order valence-corrected chi connectivity index (χ3v) is 9.88. The number of benzene rings is 3. The van der Waals surface area contributed by atoms with E-state index in [4.69, 9.17) is 14.2 Å². The highest BCUT2D eigenvalue weighted by Gasteiger charge is 2.25. The van der Waals surface area contributed by atoms with Crippen molar-refractivity contribution in [1.82, 2.24) is 14.0 Å². The summed E-state index contributed by atoms with van der Waals surface area (Å²) >= 11 is 1.56. The first kappa shape index (κ1) is 32.1. The fraction of sp³-hybridized carbons (Fsp3) is 0.263. The van der Waals surface area contributed by atoms with Crippen LogP contribution >= 0.6 is 11.3 Å². The number of thiophene rings is 1. The molecule has 0 aliphatic heterocycles. The first-order valence-corrected chi connectivity index (χ1v) is 16.5. The van der Waals surface area contributed by atoms with Crippen LogP contribution in [0.5, 0.6) is 11.5 Å². The van der Waals surface area contributed by atoms with Gasteiger partial charge in [0.15, 0.2) is 0 Å². The summed E-state index contributed by atoms with van der Waals surface area (Å²) in [7, 11) is 7.44. The lowest BCUT2D eigenvalue weighted by atomic mass is 10.0. The summed E-state index contributed by atoms with van der Waals surface area (Å²) in [5.74, 6) is 0.863. The van der Waals surface area contributed by atoms with Crippen molar-refractivity contribution >= 4 is 38.4 Å². The van der Waals surface area contributed by atoms with Crippen molar-refractivity contribution in [2.45, 2.75) is 26.4 Å². The molecule has 3 aromatic heterocycles. The molecule has 0 aliphatic carbocycles. The van der Waals surface area contributed by atoms with E-state index in [1.54, 1.807) is 38.7 Å². The molecule has 3 aromatic carbocycles. The Balaban J connectivity index is 1.48. The zero-order valence-electron chi connectivity index (χ0n) is 27.4. The molecular weight excluding hydrogens is 611 g/mol. The van der Waals surface area contributed by atoms with Gasteiger partial charge in [-0.3, -0.25) is 4.79 Å². The Bertz CT molecular complexity index is 2110. The van der Waals surface area contributed by atoms with Gasteiger partial charge in [-0.15, -0.1) is 11.3 Å². The second-order valence-electron chi connectivity index (χ2n) is 11.6. The number of rotatable bonds is 12. The summed E-state index contributed by atoms with van der Waals surface area (Å²) in [6.07, 6.45) is 4.69. The zero-order valence-corrected chi connectivity index (χ0v) is 28.2. The molecule has 3 heterocycles. The number of esters is 1. The van der Waals surface area contributed by atoms with E-state index < -0.39 is 5.97 Å². The summed E-state index contributed by atoms with van der Waals surface area (Å²) in [6, 6.07) is 24.1. The minimum atomic E-state index is -0.624. The number of aryl methyl sites for hydroxylation is 1. The number of fused-ring (bicyclic) bond motifs is 2. The molecule has 0 atom stereocenters. The molecule has 0 fully saturated rings. The number of likely N-dealkylation sites (N-methyl/N-ethyl adjacent to an activating group) is 1. The highest BCUT2D eigenvalue weighted by Crippen LogP contribution is 2.39. The van der Waals surface area contributed by atoms with Crippen LogP contribution in [0.1, 0.15) is 34.0 Å². The van der Waals surface area contributed by atoms with Crippen LogP contribution in [0.3, 0.4) is 0 Å². The number of ether oxygens (including phenoxy) is 3. The van der Waals surface area contributed by atoms with E-state index in [9.17, 15) is 9.59 Å². The summed E-state index contributed by atoms with van der Waals surface area (Å²) in [6.45, 7) is 3.62. The standard InChI is InChI=1S/C38H39N3O5S/c1-6-46-38(43)31-24-41(22-27-11-7-10-14-33(27)45-5)37-34(35(31)42)30(36(47-37)25-15-17-28(44-4)18-16-25)23-39(2)20-19-26-21-40(3)32-13-9-8-12-29(26)32/h7-18,21,24H,6,19-20,22-23H2,1-5H3. The van der Waals surface area contributed by atoms with Gasteiger partial charge in [0.05, 0.1) is 32.8 Å². The van der Waals surface area contributed by atoms with Gasteiger partial charge in [-0.2, -0.15) is 0 Å². The maximum atomic E-state index is 14.3. The number of pyridine rings is 1. The molecule has 6 rings (SSSR count). The van der Waals surface area contributed by atoms with Crippen molar-refractivity contribution in [2.24, 2.45) is 7.05 Å². The molecule has 0 amide bonds. The predicted octanol–water partition coefficient (Wildman–Crippen LogP) is 7.14. The molecule has 9 heteroatoms. The molecule has 0 radical (unpaired) electrons. The van der Waals surface area contributed by atoms with Crippen molar-refractivity contribution in [3.63, 3.8) is 0 Å². The predicted molar refractivity (Wildman–Crippen MR) is 189 cm³/mol.